The quantitative estimate of drug-likeness (QED) is 0.390. The second-order valence-electron chi connectivity index (χ2n) is 4.61. The molecule has 0 fully saturated rings. The van der Waals surface area contributed by atoms with Crippen molar-refractivity contribution in [3.63, 3.8) is 0 Å². The van der Waals surface area contributed by atoms with Crippen LogP contribution in [0.1, 0.15) is 46.5 Å². The first-order valence-corrected chi connectivity index (χ1v) is 8.16. The highest BCUT2D eigenvalue weighted by Gasteiger charge is 1.93. The second kappa shape index (κ2) is 22.6. The number of carbonyl (C=O) groups excluding carboxylic acids is 1. The fourth-order valence-corrected chi connectivity index (χ4v) is 1.23. The molecule has 0 aliphatic heterocycles. The van der Waals surface area contributed by atoms with Gasteiger partial charge in [-0.15, -0.1) is 0 Å². The Morgan fingerprint density at radius 1 is 0.773 bits per heavy atom. The van der Waals surface area contributed by atoms with E-state index in [2.05, 4.69) is 18.6 Å². The third-order valence-corrected chi connectivity index (χ3v) is 2.43. The summed E-state index contributed by atoms with van der Waals surface area (Å²) >= 11 is 0. The molecule has 0 aliphatic carbocycles. The lowest BCUT2D eigenvalue weighted by atomic mass is 10.4. The Balaban J connectivity index is 0. The van der Waals surface area contributed by atoms with Gasteiger partial charge in [0.15, 0.2) is 0 Å². The summed E-state index contributed by atoms with van der Waals surface area (Å²) in [5, 5.41) is 8.24. The van der Waals surface area contributed by atoms with E-state index in [1.165, 1.54) is 6.92 Å². The molecule has 0 saturated carbocycles. The summed E-state index contributed by atoms with van der Waals surface area (Å²) in [6, 6.07) is 0. The van der Waals surface area contributed by atoms with E-state index in [4.69, 9.17) is 19.3 Å². The van der Waals surface area contributed by atoms with Gasteiger partial charge in [0.1, 0.15) is 6.61 Å². The van der Waals surface area contributed by atoms with Crippen molar-refractivity contribution in [3.8, 4) is 0 Å². The second-order valence-corrected chi connectivity index (χ2v) is 4.61. The lowest BCUT2D eigenvalue weighted by Crippen LogP contribution is -2.11. The highest BCUT2D eigenvalue weighted by atomic mass is 16.6. The van der Waals surface area contributed by atoms with Crippen molar-refractivity contribution < 1.29 is 28.8 Å². The number of rotatable bonds is 14. The number of hydrogen-bond donors (Lipinski definition) is 1. The Morgan fingerprint density at radius 2 is 1.23 bits per heavy atom. The highest BCUT2D eigenvalue weighted by molar-refractivity contribution is 5.65. The molecule has 0 unspecified atom stereocenters. The summed E-state index contributed by atoms with van der Waals surface area (Å²) in [7, 11) is 0. The average molecular weight is 322 g/mol. The van der Waals surface area contributed by atoms with Gasteiger partial charge in [-0.3, -0.25) is 4.79 Å². The van der Waals surface area contributed by atoms with E-state index in [1.54, 1.807) is 0 Å². The van der Waals surface area contributed by atoms with Gasteiger partial charge in [-0.2, -0.15) is 0 Å². The maximum atomic E-state index is 10.3. The molecule has 134 valence electrons. The molecule has 0 saturated heterocycles. The van der Waals surface area contributed by atoms with E-state index < -0.39 is 0 Å². The first-order chi connectivity index (χ1) is 10.7. The van der Waals surface area contributed by atoms with E-state index in [0.29, 0.717) is 33.0 Å². The summed E-state index contributed by atoms with van der Waals surface area (Å²) in [6.45, 7) is 9.77. The third-order valence-electron chi connectivity index (χ3n) is 2.43. The van der Waals surface area contributed by atoms with Crippen LogP contribution in [0.4, 0.5) is 0 Å². The van der Waals surface area contributed by atoms with E-state index in [-0.39, 0.29) is 12.6 Å². The van der Waals surface area contributed by atoms with Crippen LogP contribution in [0.15, 0.2) is 0 Å². The number of hydrogen-bond acceptors (Lipinski definition) is 6. The van der Waals surface area contributed by atoms with Crippen LogP contribution in [0, 0.1) is 0 Å². The van der Waals surface area contributed by atoms with Gasteiger partial charge in [0.2, 0.25) is 0 Å². The first kappa shape index (κ1) is 23.6. The Bertz CT molecular complexity index is 205. The van der Waals surface area contributed by atoms with Crippen molar-refractivity contribution in [1.29, 1.82) is 0 Å². The number of unbranched alkanes of at least 4 members (excludes halogenated alkanes) is 2. The Hall–Kier alpha value is -0.690. The molecule has 6 heteroatoms. The minimum absolute atomic E-state index is 0.143. The molecular weight excluding hydrogens is 288 g/mol. The molecule has 0 aromatic rings. The van der Waals surface area contributed by atoms with Gasteiger partial charge in [-0.05, 0) is 12.8 Å². The topological polar surface area (TPSA) is 74.2 Å². The van der Waals surface area contributed by atoms with Crippen molar-refractivity contribution in [1.82, 2.24) is 0 Å². The Kier molecular flexibility index (Phi) is 24.2. The van der Waals surface area contributed by atoms with Crippen molar-refractivity contribution in [2.75, 3.05) is 52.9 Å². The molecule has 0 aromatic heterocycles. The first-order valence-electron chi connectivity index (χ1n) is 8.16. The van der Waals surface area contributed by atoms with Gasteiger partial charge >= 0.3 is 5.97 Å². The van der Waals surface area contributed by atoms with Gasteiger partial charge in [0.25, 0.3) is 0 Å². The number of aliphatic hydroxyl groups is 1. The standard InChI is InChI=1S/C10H20O4.C6H14O2/c1-3-4-5-12-6-7-13-8-9-14-10(2)11;1-2-3-5-8-6-4-7/h3-9H2,1-2H3;7H,2-6H2,1H3. The van der Waals surface area contributed by atoms with Gasteiger partial charge in [0, 0.05) is 20.1 Å². The molecule has 0 rings (SSSR count). The summed E-state index contributed by atoms with van der Waals surface area (Å²) in [4.78, 5) is 10.3. The predicted octanol–water partition coefficient (Wildman–Crippen LogP) is 2.18. The van der Waals surface area contributed by atoms with Crippen LogP contribution >= 0.6 is 0 Å². The molecule has 22 heavy (non-hydrogen) atoms. The zero-order chi connectivity index (χ0) is 16.9. The van der Waals surface area contributed by atoms with Crippen LogP contribution in [0.5, 0.6) is 0 Å². The molecule has 0 spiro atoms. The molecule has 0 aromatic carbocycles. The average Bonchev–Trinajstić information content (AvgIpc) is 2.50. The predicted molar refractivity (Wildman–Crippen MR) is 86.0 cm³/mol. The van der Waals surface area contributed by atoms with E-state index >= 15 is 0 Å². The maximum Gasteiger partial charge on any atom is 0.302 e. The lowest BCUT2D eigenvalue weighted by Gasteiger charge is -2.05. The summed E-state index contributed by atoms with van der Waals surface area (Å²) < 4.78 is 20.1. The van der Waals surface area contributed by atoms with Crippen LogP contribution in [0.25, 0.3) is 0 Å². The molecule has 1 N–H and O–H groups in total. The highest BCUT2D eigenvalue weighted by Crippen LogP contribution is 1.88. The van der Waals surface area contributed by atoms with Crippen molar-refractivity contribution in [2.24, 2.45) is 0 Å². The number of aliphatic hydroxyl groups excluding tert-OH is 1. The van der Waals surface area contributed by atoms with Gasteiger partial charge < -0.3 is 24.1 Å². The molecule has 0 radical (unpaired) electrons. The SMILES string of the molecule is CCCCOCCO.CCCCOCCOCCOC(C)=O. The third kappa shape index (κ3) is 27.6. The van der Waals surface area contributed by atoms with Crippen LogP contribution in [-0.4, -0.2) is 63.9 Å². The Labute approximate surface area is 135 Å². The molecular formula is C16H34O6. The molecule has 6 nitrogen and oxygen atoms in total. The van der Waals surface area contributed by atoms with E-state index in [9.17, 15) is 4.79 Å². The molecule has 0 bridgehead atoms. The number of ether oxygens (including phenoxy) is 4. The fourth-order valence-electron chi connectivity index (χ4n) is 1.23. The lowest BCUT2D eigenvalue weighted by molar-refractivity contribution is -0.142. The number of carbonyl (C=O) groups is 1. The number of esters is 1. The van der Waals surface area contributed by atoms with Crippen LogP contribution in [-0.2, 0) is 23.7 Å². The van der Waals surface area contributed by atoms with E-state index in [1.807, 2.05) is 0 Å². The molecule has 0 atom stereocenters. The van der Waals surface area contributed by atoms with E-state index in [0.717, 1.165) is 38.9 Å². The Morgan fingerprint density at radius 3 is 1.68 bits per heavy atom. The fraction of sp³-hybridized carbons (Fsp3) is 0.938. The van der Waals surface area contributed by atoms with Crippen molar-refractivity contribution >= 4 is 5.97 Å². The van der Waals surface area contributed by atoms with Crippen LogP contribution < -0.4 is 0 Å². The maximum absolute atomic E-state index is 10.3. The minimum atomic E-state index is -0.271. The van der Waals surface area contributed by atoms with Crippen molar-refractivity contribution in [2.45, 2.75) is 46.5 Å². The zero-order valence-corrected chi connectivity index (χ0v) is 14.5. The zero-order valence-electron chi connectivity index (χ0n) is 14.5. The summed E-state index contributed by atoms with van der Waals surface area (Å²) in [5.74, 6) is -0.271. The monoisotopic (exact) mass is 322 g/mol. The normalized spacial score (nSPS) is 10.0. The van der Waals surface area contributed by atoms with Gasteiger partial charge in [-0.25, -0.2) is 0 Å². The molecule has 0 heterocycles. The van der Waals surface area contributed by atoms with Crippen molar-refractivity contribution in [3.05, 3.63) is 0 Å². The van der Waals surface area contributed by atoms with Gasteiger partial charge in [0.05, 0.1) is 33.0 Å². The van der Waals surface area contributed by atoms with Crippen LogP contribution in [0.2, 0.25) is 0 Å². The smallest absolute Gasteiger partial charge is 0.302 e. The van der Waals surface area contributed by atoms with Gasteiger partial charge in [-0.1, -0.05) is 26.7 Å². The largest absolute Gasteiger partial charge is 0.463 e. The summed E-state index contributed by atoms with van der Waals surface area (Å²) in [6.07, 6.45) is 4.49. The molecule has 0 amide bonds. The summed E-state index contributed by atoms with van der Waals surface area (Å²) in [5.41, 5.74) is 0. The minimum Gasteiger partial charge on any atom is -0.463 e. The molecule has 0 aliphatic rings. The van der Waals surface area contributed by atoms with Crippen LogP contribution in [0.3, 0.4) is 0 Å².